The Morgan fingerprint density at radius 1 is 1.04 bits per heavy atom. The summed E-state index contributed by atoms with van der Waals surface area (Å²) in [6, 6.07) is 9.35. The third-order valence-electron chi connectivity index (χ3n) is 4.99. The van der Waals surface area contributed by atoms with Crippen LogP contribution in [0.25, 0.3) is 0 Å². The number of hydrogen-bond donors (Lipinski definition) is 1. The topological polar surface area (TPSA) is 52.7 Å². The molecule has 2 heterocycles. The van der Waals surface area contributed by atoms with Gasteiger partial charge in [0.05, 0.1) is 5.41 Å². The maximum atomic E-state index is 12.8. The van der Waals surface area contributed by atoms with E-state index in [9.17, 15) is 9.59 Å². The lowest BCUT2D eigenvalue weighted by Gasteiger charge is -2.41. The zero-order valence-electron chi connectivity index (χ0n) is 13.8. The summed E-state index contributed by atoms with van der Waals surface area (Å²) in [4.78, 5) is 29.0. The summed E-state index contributed by atoms with van der Waals surface area (Å²) < 4.78 is 0. The fraction of sp³-hybridized carbons (Fsp3) is 0.556. The van der Waals surface area contributed by atoms with Crippen molar-refractivity contribution in [2.24, 2.45) is 5.41 Å². The average molecular weight is 315 g/mol. The third kappa shape index (κ3) is 3.39. The molecule has 1 atom stereocenters. The summed E-state index contributed by atoms with van der Waals surface area (Å²) in [5, 5.41) is 3.33. The van der Waals surface area contributed by atoms with E-state index in [0.29, 0.717) is 26.2 Å². The fourth-order valence-electron chi connectivity index (χ4n) is 3.50. The molecule has 1 N–H and O–H groups in total. The van der Waals surface area contributed by atoms with Gasteiger partial charge in [0.2, 0.25) is 5.91 Å². The van der Waals surface area contributed by atoms with Crippen molar-refractivity contribution in [1.82, 2.24) is 15.1 Å². The van der Waals surface area contributed by atoms with E-state index in [1.165, 1.54) is 0 Å². The number of hydrogen-bond acceptors (Lipinski definition) is 3. The SMILES string of the molecule is CC1(C(=O)N2CCN(C(=O)c3ccccc3)CC2)CCCNC1. The normalized spacial score (nSPS) is 25.3. The van der Waals surface area contributed by atoms with Gasteiger partial charge in [-0.1, -0.05) is 18.2 Å². The fourth-order valence-corrected chi connectivity index (χ4v) is 3.50. The van der Waals surface area contributed by atoms with Crippen molar-refractivity contribution in [3.8, 4) is 0 Å². The molecule has 0 bridgehead atoms. The molecule has 0 spiro atoms. The summed E-state index contributed by atoms with van der Waals surface area (Å²) in [7, 11) is 0. The zero-order chi connectivity index (χ0) is 16.3. The first kappa shape index (κ1) is 16.0. The van der Waals surface area contributed by atoms with Crippen LogP contribution >= 0.6 is 0 Å². The molecule has 2 saturated heterocycles. The van der Waals surface area contributed by atoms with Crippen molar-refractivity contribution >= 4 is 11.8 Å². The van der Waals surface area contributed by atoms with Crippen LogP contribution in [0.15, 0.2) is 30.3 Å². The third-order valence-corrected chi connectivity index (χ3v) is 4.99. The highest BCUT2D eigenvalue weighted by Crippen LogP contribution is 2.28. The molecule has 0 aliphatic carbocycles. The number of rotatable bonds is 2. The van der Waals surface area contributed by atoms with E-state index in [2.05, 4.69) is 12.2 Å². The first-order valence-electron chi connectivity index (χ1n) is 8.45. The quantitative estimate of drug-likeness (QED) is 0.896. The second-order valence-corrected chi connectivity index (χ2v) is 6.79. The second kappa shape index (κ2) is 6.71. The molecule has 0 radical (unpaired) electrons. The molecule has 2 aliphatic rings. The Balaban J connectivity index is 1.58. The largest absolute Gasteiger partial charge is 0.339 e. The van der Waals surface area contributed by atoms with Crippen LogP contribution in [0.4, 0.5) is 0 Å². The molecule has 2 aliphatic heterocycles. The van der Waals surface area contributed by atoms with Crippen LogP contribution in [-0.4, -0.2) is 60.9 Å². The molecule has 2 fully saturated rings. The lowest BCUT2D eigenvalue weighted by atomic mass is 9.81. The molecule has 0 saturated carbocycles. The number of nitrogens with zero attached hydrogens (tertiary/aromatic N) is 2. The number of carbonyl (C=O) groups is 2. The number of benzene rings is 1. The van der Waals surface area contributed by atoms with Gasteiger partial charge in [-0.05, 0) is 38.4 Å². The maximum Gasteiger partial charge on any atom is 0.253 e. The second-order valence-electron chi connectivity index (χ2n) is 6.79. The molecule has 5 heteroatoms. The van der Waals surface area contributed by atoms with Crippen molar-refractivity contribution in [1.29, 1.82) is 0 Å². The van der Waals surface area contributed by atoms with Crippen LogP contribution in [0, 0.1) is 5.41 Å². The lowest BCUT2D eigenvalue weighted by molar-refractivity contribution is -0.143. The van der Waals surface area contributed by atoms with Gasteiger partial charge in [-0.25, -0.2) is 0 Å². The van der Waals surface area contributed by atoms with E-state index >= 15 is 0 Å². The molecule has 3 rings (SSSR count). The average Bonchev–Trinajstić information content (AvgIpc) is 2.62. The van der Waals surface area contributed by atoms with Gasteiger partial charge in [0, 0.05) is 38.3 Å². The number of amides is 2. The van der Waals surface area contributed by atoms with E-state index in [4.69, 9.17) is 0 Å². The molecule has 124 valence electrons. The van der Waals surface area contributed by atoms with Gasteiger partial charge >= 0.3 is 0 Å². The standard InChI is InChI=1S/C18H25N3O2/c1-18(8-5-9-19-14-18)17(23)21-12-10-20(11-13-21)16(22)15-6-3-2-4-7-15/h2-4,6-7,19H,5,8-14H2,1H3. The highest BCUT2D eigenvalue weighted by molar-refractivity contribution is 5.94. The molecule has 1 aromatic carbocycles. The highest BCUT2D eigenvalue weighted by Gasteiger charge is 2.38. The first-order chi connectivity index (χ1) is 11.1. The van der Waals surface area contributed by atoms with Crippen molar-refractivity contribution in [3.05, 3.63) is 35.9 Å². The van der Waals surface area contributed by atoms with Gasteiger partial charge in [-0.15, -0.1) is 0 Å². The molecular weight excluding hydrogens is 290 g/mol. The van der Waals surface area contributed by atoms with Crippen molar-refractivity contribution < 1.29 is 9.59 Å². The maximum absolute atomic E-state index is 12.8. The van der Waals surface area contributed by atoms with Gasteiger partial charge in [-0.2, -0.15) is 0 Å². The number of nitrogens with one attached hydrogen (secondary N) is 1. The summed E-state index contributed by atoms with van der Waals surface area (Å²) >= 11 is 0. The molecule has 2 amide bonds. The lowest BCUT2D eigenvalue weighted by Crippen LogP contribution is -2.56. The highest BCUT2D eigenvalue weighted by atomic mass is 16.2. The minimum Gasteiger partial charge on any atom is -0.339 e. The Bertz CT molecular complexity index is 559. The Hall–Kier alpha value is -1.88. The van der Waals surface area contributed by atoms with Crippen molar-refractivity contribution in [2.75, 3.05) is 39.3 Å². The van der Waals surface area contributed by atoms with Crippen LogP contribution in [-0.2, 0) is 4.79 Å². The molecular formula is C18H25N3O2. The summed E-state index contributed by atoms with van der Waals surface area (Å²) in [5.41, 5.74) is 0.430. The van der Waals surface area contributed by atoms with Gasteiger partial charge in [-0.3, -0.25) is 9.59 Å². The molecule has 23 heavy (non-hydrogen) atoms. The van der Waals surface area contributed by atoms with Crippen LogP contribution in [0.2, 0.25) is 0 Å². The smallest absolute Gasteiger partial charge is 0.253 e. The van der Waals surface area contributed by atoms with Gasteiger partial charge in [0.1, 0.15) is 0 Å². The minimum atomic E-state index is -0.288. The Morgan fingerprint density at radius 2 is 1.70 bits per heavy atom. The van der Waals surface area contributed by atoms with E-state index in [1.807, 2.05) is 40.1 Å². The molecule has 5 nitrogen and oxygen atoms in total. The summed E-state index contributed by atoms with van der Waals surface area (Å²) in [5.74, 6) is 0.291. The monoisotopic (exact) mass is 315 g/mol. The van der Waals surface area contributed by atoms with Crippen LogP contribution < -0.4 is 5.32 Å². The molecule has 1 unspecified atom stereocenters. The van der Waals surface area contributed by atoms with Crippen LogP contribution in [0.1, 0.15) is 30.1 Å². The summed E-state index contributed by atoms with van der Waals surface area (Å²) in [6.45, 7) is 6.31. The number of piperazine rings is 1. The van der Waals surface area contributed by atoms with E-state index in [0.717, 1.165) is 31.5 Å². The van der Waals surface area contributed by atoms with Gasteiger partial charge in [0.25, 0.3) is 5.91 Å². The predicted molar refractivity (Wildman–Crippen MR) is 89.1 cm³/mol. The summed E-state index contributed by atoms with van der Waals surface area (Å²) in [6.07, 6.45) is 2.00. The van der Waals surface area contributed by atoms with Gasteiger partial charge < -0.3 is 15.1 Å². The minimum absolute atomic E-state index is 0.0586. The first-order valence-corrected chi connectivity index (χ1v) is 8.45. The van der Waals surface area contributed by atoms with E-state index in [1.54, 1.807) is 0 Å². The number of piperidine rings is 1. The molecule has 0 aromatic heterocycles. The zero-order valence-corrected chi connectivity index (χ0v) is 13.8. The Morgan fingerprint density at radius 3 is 2.30 bits per heavy atom. The van der Waals surface area contributed by atoms with Crippen LogP contribution in [0.5, 0.6) is 0 Å². The predicted octanol–water partition coefficient (Wildman–Crippen LogP) is 1.36. The van der Waals surface area contributed by atoms with Crippen LogP contribution in [0.3, 0.4) is 0 Å². The Kier molecular flexibility index (Phi) is 4.66. The Labute approximate surface area is 137 Å². The molecule has 1 aromatic rings. The van der Waals surface area contributed by atoms with Gasteiger partial charge in [0.15, 0.2) is 0 Å². The van der Waals surface area contributed by atoms with E-state index < -0.39 is 0 Å². The van der Waals surface area contributed by atoms with E-state index in [-0.39, 0.29) is 17.2 Å². The number of carbonyl (C=O) groups excluding carboxylic acids is 2. The van der Waals surface area contributed by atoms with Crippen molar-refractivity contribution in [2.45, 2.75) is 19.8 Å². The van der Waals surface area contributed by atoms with Crippen molar-refractivity contribution in [3.63, 3.8) is 0 Å².